The fraction of sp³-hybridized carbons (Fsp3) is 0.316. The molecule has 0 aliphatic carbocycles. The molecule has 23 heavy (non-hydrogen) atoms. The van der Waals surface area contributed by atoms with Crippen molar-refractivity contribution in [1.82, 2.24) is 5.32 Å². The Morgan fingerprint density at radius 1 is 1.04 bits per heavy atom. The summed E-state index contributed by atoms with van der Waals surface area (Å²) in [5, 5.41) is 6.50. The fourth-order valence-electron chi connectivity index (χ4n) is 2.78. The summed E-state index contributed by atoms with van der Waals surface area (Å²) in [6.07, 6.45) is 0. The number of para-hydroxylation sites is 2. The van der Waals surface area contributed by atoms with E-state index < -0.39 is 5.66 Å². The van der Waals surface area contributed by atoms with E-state index in [1.165, 1.54) is 0 Å². The Morgan fingerprint density at radius 3 is 2.52 bits per heavy atom. The van der Waals surface area contributed by atoms with Crippen LogP contribution in [0, 0.1) is 5.92 Å². The number of nitrogens with one attached hydrogen (secondary N) is 2. The minimum Gasteiger partial charge on any atom is -0.493 e. The summed E-state index contributed by atoms with van der Waals surface area (Å²) in [7, 11) is 0. The highest BCUT2D eigenvalue weighted by molar-refractivity contribution is 6.02. The summed E-state index contributed by atoms with van der Waals surface area (Å²) in [6.45, 7) is 6.82. The van der Waals surface area contributed by atoms with E-state index in [2.05, 4.69) is 24.5 Å². The van der Waals surface area contributed by atoms with Crippen LogP contribution in [-0.4, -0.2) is 12.5 Å². The van der Waals surface area contributed by atoms with Crippen molar-refractivity contribution >= 4 is 11.6 Å². The molecule has 1 atom stereocenters. The minimum absolute atomic E-state index is 0.0829. The highest BCUT2D eigenvalue weighted by Gasteiger charge is 2.36. The zero-order chi connectivity index (χ0) is 16.4. The van der Waals surface area contributed by atoms with E-state index in [0.717, 1.165) is 17.0 Å². The van der Waals surface area contributed by atoms with Crippen molar-refractivity contribution in [3.63, 3.8) is 0 Å². The average Bonchev–Trinajstić information content (AvgIpc) is 2.53. The Labute approximate surface area is 136 Å². The normalized spacial score (nSPS) is 19.7. The van der Waals surface area contributed by atoms with Crippen LogP contribution < -0.4 is 15.4 Å². The lowest BCUT2D eigenvalue weighted by Gasteiger charge is -2.38. The van der Waals surface area contributed by atoms with Crippen LogP contribution in [0.5, 0.6) is 5.75 Å². The monoisotopic (exact) mass is 310 g/mol. The fourth-order valence-corrected chi connectivity index (χ4v) is 2.78. The molecule has 1 unspecified atom stereocenters. The molecule has 0 bridgehead atoms. The first-order valence-electron chi connectivity index (χ1n) is 7.91. The minimum atomic E-state index is -0.709. The maximum absolute atomic E-state index is 12.5. The predicted octanol–water partition coefficient (Wildman–Crippen LogP) is 3.75. The molecule has 1 aliphatic rings. The van der Waals surface area contributed by atoms with Crippen molar-refractivity contribution in [3.05, 3.63) is 59.7 Å². The number of hydrogen-bond donors (Lipinski definition) is 2. The van der Waals surface area contributed by atoms with Gasteiger partial charge in [-0.2, -0.15) is 0 Å². The quantitative estimate of drug-likeness (QED) is 0.904. The van der Waals surface area contributed by atoms with Crippen molar-refractivity contribution in [2.24, 2.45) is 5.92 Å². The molecule has 0 spiro atoms. The third-order valence-corrected chi connectivity index (χ3v) is 3.92. The SMILES string of the molecule is CC(C)COc1ccccc1C1(C)NC(=O)c2ccccc2N1. The van der Waals surface area contributed by atoms with Crippen LogP contribution in [0.15, 0.2) is 48.5 Å². The summed E-state index contributed by atoms with van der Waals surface area (Å²) >= 11 is 0. The van der Waals surface area contributed by atoms with Gasteiger partial charge in [-0.15, -0.1) is 0 Å². The summed E-state index contributed by atoms with van der Waals surface area (Å²) in [4.78, 5) is 12.5. The molecular weight excluding hydrogens is 288 g/mol. The van der Waals surface area contributed by atoms with E-state index in [4.69, 9.17) is 4.74 Å². The van der Waals surface area contributed by atoms with E-state index in [-0.39, 0.29) is 5.91 Å². The second kappa shape index (κ2) is 5.95. The molecule has 4 nitrogen and oxygen atoms in total. The Morgan fingerprint density at radius 2 is 1.74 bits per heavy atom. The van der Waals surface area contributed by atoms with Gasteiger partial charge in [0.25, 0.3) is 5.91 Å². The summed E-state index contributed by atoms with van der Waals surface area (Å²) < 4.78 is 5.95. The number of rotatable bonds is 4. The van der Waals surface area contributed by atoms with Crippen molar-refractivity contribution < 1.29 is 9.53 Å². The van der Waals surface area contributed by atoms with Crippen LogP contribution >= 0.6 is 0 Å². The number of benzene rings is 2. The van der Waals surface area contributed by atoms with Gasteiger partial charge in [-0.1, -0.05) is 44.2 Å². The maximum atomic E-state index is 12.5. The summed E-state index contributed by atoms with van der Waals surface area (Å²) in [6, 6.07) is 15.4. The van der Waals surface area contributed by atoms with Gasteiger partial charge in [-0.05, 0) is 31.0 Å². The van der Waals surface area contributed by atoms with E-state index in [9.17, 15) is 4.79 Å². The van der Waals surface area contributed by atoms with E-state index >= 15 is 0 Å². The molecule has 1 aliphatic heterocycles. The Kier molecular flexibility index (Phi) is 3.99. The molecule has 120 valence electrons. The smallest absolute Gasteiger partial charge is 0.255 e. The van der Waals surface area contributed by atoms with E-state index in [1.54, 1.807) is 0 Å². The number of fused-ring (bicyclic) bond motifs is 1. The molecule has 4 heteroatoms. The standard InChI is InChI=1S/C19H22N2O2/c1-13(2)12-23-17-11-7-5-9-15(17)19(3)20-16-10-6-4-8-14(16)18(22)21-19/h4-11,13,20H,12H2,1-3H3,(H,21,22). The van der Waals surface area contributed by atoms with Gasteiger partial charge >= 0.3 is 0 Å². The van der Waals surface area contributed by atoms with Gasteiger partial charge in [0.1, 0.15) is 11.4 Å². The lowest BCUT2D eigenvalue weighted by molar-refractivity contribution is 0.0905. The number of hydrogen-bond acceptors (Lipinski definition) is 3. The van der Waals surface area contributed by atoms with Crippen LogP contribution in [0.4, 0.5) is 5.69 Å². The number of amides is 1. The molecule has 2 aromatic rings. The molecule has 0 radical (unpaired) electrons. The van der Waals surface area contributed by atoms with Crippen molar-refractivity contribution in [2.75, 3.05) is 11.9 Å². The molecule has 2 N–H and O–H groups in total. The Balaban J connectivity index is 1.97. The zero-order valence-corrected chi connectivity index (χ0v) is 13.7. The van der Waals surface area contributed by atoms with Crippen LogP contribution in [0.25, 0.3) is 0 Å². The topological polar surface area (TPSA) is 50.4 Å². The van der Waals surface area contributed by atoms with Crippen molar-refractivity contribution in [2.45, 2.75) is 26.4 Å². The lowest BCUT2D eigenvalue weighted by Crippen LogP contribution is -2.53. The summed E-state index contributed by atoms with van der Waals surface area (Å²) in [5.41, 5.74) is 1.70. The molecule has 2 aromatic carbocycles. The molecule has 0 saturated heterocycles. The largest absolute Gasteiger partial charge is 0.493 e. The second-order valence-corrected chi connectivity index (χ2v) is 6.45. The zero-order valence-electron chi connectivity index (χ0n) is 13.7. The molecule has 0 saturated carbocycles. The lowest BCUT2D eigenvalue weighted by atomic mass is 9.95. The van der Waals surface area contributed by atoms with E-state index in [1.807, 2.05) is 55.5 Å². The third-order valence-electron chi connectivity index (χ3n) is 3.92. The maximum Gasteiger partial charge on any atom is 0.255 e. The highest BCUT2D eigenvalue weighted by Crippen LogP contribution is 2.35. The van der Waals surface area contributed by atoms with E-state index in [0.29, 0.717) is 18.1 Å². The van der Waals surface area contributed by atoms with Crippen LogP contribution in [0.1, 0.15) is 36.7 Å². The van der Waals surface area contributed by atoms with Crippen molar-refractivity contribution in [1.29, 1.82) is 0 Å². The van der Waals surface area contributed by atoms with Gasteiger partial charge in [-0.3, -0.25) is 4.79 Å². The molecule has 3 rings (SSSR count). The first-order valence-corrected chi connectivity index (χ1v) is 7.91. The number of carbonyl (C=O) groups is 1. The third kappa shape index (κ3) is 3.02. The van der Waals surface area contributed by atoms with Crippen LogP contribution in [0.2, 0.25) is 0 Å². The van der Waals surface area contributed by atoms with Gasteiger partial charge in [0.2, 0.25) is 0 Å². The molecular formula is C19H22N2O2. The molecule has 1 amide bonds. The van der Waals surface area contributed by atoms with Crippen molar-refractivity contribution in [3.8, 4) is 5.75 Å². The molecule has 0 fully saturated rings. The highest BCUT2D eigenvalue weighted by atomic mass is 16.5. The number of carbonyl (C=O) groups excluding carboxylic acids is 1. The average molecular weight is 310 g/mol. The second-order valence-electron chi connectivity index (χ2n) is 6.45. The van der Waals surface area contributed by atoms with Crippen LogP contribution in [-0.2, 0) is 5.66 Å². The number of anilines is 1. The van der Waals surface area contributed by atoms with Crippen LogP contribution in [0.3, 0.4) is 0 Å². The van der Waals surface area contributed by atoms with Gasteiger partial charge in [0.15, 0.2) is 0 Å². The first-order chi connectivity index (χ1) is 11.0. The van der Waals surface area contributed by atoms with Gasteiger partial charge in [0.05, 0.1) is 12.2 Å². The first kappa shape index (κ1) is 15.4. The molecule has 1 heterocycles. The predicted molar refractivity (Wildman–Crippen MR) is 91.7 cm³/mol. The summed E-state index contributed by atoms with van der Waals surface area (Å²) in [5.74, 6) is 1.14. The number of ether oxygens (including phenoxy) is 1. The molecule has 0 aromatic heterocycles. The van der Waals surface area contributed by atoms with Gasteiger partial charge < -0.3 is 15.4 Å². The van der Waals surface area contributed by atoms with Gasteiger partial charge in [-0.25, -0.2) is 0 Å². The van der Waals surface area contributed by atoms with Gasteiger partial charge in [0, 0.05) is 11.3 Å². The Bertz CT molecular complexity index is 727. The Hall–Kier alpha value is -2.49.